The molecule has 1 aliphatic carbocycles. The van der Waals surface area contributed by atoms with E-state index >= 15 is 4.39 Å². The monoisotopic (exact) mass is 414 g/mol. The average Bonchev–Trinajstić information content (AvgIpc) is 3.39. The molecule has 2 fully saturated rings. The van der Waals surface area contributed by atoms with E-state index in [-0.39, 0.29) is 23.9 Å². The Morgan fingerprint density at radius 3 is 2.53 bits per heavy atom. The van der Waals surface area contributed by atoms with Crippen LogP contribution in [0.5, 0.6) is 0 Å². The summed E-state index contributed by atoms with van der Waals surface area (Å²) in [5.41, 5.74) is 7.13. The molecule has 160 valence electrons. The fraction of sp³-hybridized carbons (Fsp3) is 0.458. The molecule has 2 atom stereocenters. The number of nitrogens with zero attached hydrogens (tertiary/aromatic N) is 1. The Kier molecular flexibility index (Phi) is 5.09. The number of halogens is 2. The quantitative estimate of drug-likeness (QED) is 0.777. The topological polar surface area (TPSA) is 55.6 Å². The fourth-order valence-corrected chi connectivity index (χ4v) is 4.42. The largest absolute Gasteiger partial charge is 0.444 e. The van der Waals surface area contributed by atoms with Crippen molar-refractivity contribution in [3.63, 3.8) is 0 Å². The van der Waals surface area contributed by atoms with E-state index in [0.717, 1.165) is 12.8 Å². The predicted octanol–water partition coefficient (Wildman–Crippen LogP) is 4.90. The Morgan fingerprint density at radius 1 is 1.20 bits per heavy atom. The zero-order chi connectivity index (χ0) is 21.7. The maximum Gasteiger partial charge on any atom is 0.410 e. The minimum Gasteiger partial charge on any atom is -0.444 e. The van der Waals surface area contributed by atoms with Gasteiger partial charge in [-0.05, 0) is 63.3 Å². The Bertz CT molecular complexity index is 966. The lowest BCUT2D eigenvalue weighted by atomic mass is 9.91. The third kappa shape index (κ3) is 3.93. The minimum absolute atomic E-state index is 0.0851. The molecule has 1 saturated carbocycles. The second-order valence-corrected chi connectivity index (χ2v) is 9.56. The molecule has 0 unspecified atom stereocenters. The molecule has 2 aromatic carbocycles. The van der Waals surface area contributed by atoms with Gasteiger partial charge in [-0.15, -0.1) is 0 Å². The van der Waals surface area contributed by atoms with Crippen molar-refractivity contribution >= 4 is 6.09 Å². The van der Waals surface area contributed by atoms with Gasteiger partial charge in [-0.1, -0.05) is 30.3 Å². The van der Waals surface area contributed by atoms with Gasteiger partial charge in [-0.3, -0.25) is 0 Å². The van der Waals surface area contributed by atoms with E-state index in [1.54, 1.807) is 35.2 Å². The molecule has 2 aromatic rings. The molecule has 0 radical (unpaired) electrons. The lowest BCUT2D eigenvalue weighted by Crippen LogP contribution is -2.46. The molecule has 1 aliphatic heterocycles. The van der Waals surface area contributed by atoms with Crippen LogP contribution in [0.3, 0.4) is 0 Å². The lowest BCUT2D eigenvalue weighted by Gasteiger charge is -2.30. The summed E-state index contributed by atoms with van der Waals surface area (Å²) in [6, 6.07) is 10.4. The van der Waals surface area contributed by atoms with E-state index in [0.29, 0.717) is 23.2 Å². The Labute approximate surface area is 176 Å². The summed E-state index contributed by atoms with van der Waals surface area (Å²) in [6.45, 7) is 6.01. The minimum atomic E-state index is -0.617. The van der Waals surface area contributed by atoms with Crippen LogP contribution in [-0.4, -0.2) is 35.2 Å². The predicted molar refractivity (Wildman–Crippen MR) is 112 cm³/mol. The summed E-state index contributed by atoms with van der Waals surface area (Å²) >= 11 is 0. The van der Waals surface area contributed by atoms with Crippen LogP contribution in [-0.2, 0) is 11.2 Å². The van der Waals surface area contributed by atoms with E-state index in [9.17, 15) is 9.18 Å². The van der Waals surface area contributed by atoms with Crippen LogP contribution in [0.25, 0.3) is 11.1 Å². The van der Waals surface area contributed by atoms with Gasteiger partial charge in [0.25, 0.3) is 0 Å². The molecule has 1 amide bonds. The first-order valence-electron chi connectivity index (χ1n) is 10.4. The number of benzene rings is 2. The van der Waals surface area contributed by atoms with Gasteiger partial charge >= 0.3 is 6.09 Å². The second kappa shape index (κ2) is 7.34. The molecule has 1 saturated heterocycles. The zero-order valence-corrected chi connectivity index (χ0v) is 17.6. The first-order chi connectivity index (χ1) is 14.1. The number of carbonyl (C=O) groups is 1. The van der Waals surface area contributed by atoms with Gasteiger partial charge in [-0.25, -0.2) is 13.6 Å². The van der Waals surface area contributed by atoms with Crippen molar-refractivity contribution in [3.05, 3.63) is 59.7 Å². The van der Waals surface area contributed by atoms with Crippen LogP contribution in [0.1, 0.15) is 39.2 Å². The Balaban J connectivity index is 1.63. The maximum atomic E-state index is 15.4. The van der Waals surface area contributed by atoms with Crippen LogP contribution in [0, 0.1) is 17.0 Å². The first kappa shape index (κ1) is 20.8. The lowest BCUT2D eigenvalue weighted by molar-refractivity contribution is 0.0215. The van der Waals surface area contributed by atoms with Crippen LogP contribution in [0.15, 0.2) is 42.5 Å². The van der Waals surface area contributed by atoms with Gasteiger partial charge in [0.2, 0.25) is 0 Å². The van der Waals surface area contributed by atoms with Gasteiger partial charge in [0.1, 0.15) is 17.2 Å². The summed E-state index contributed by atoms with van der Waals surface area (Å²) in [6.07, 6.45) is 1.82. The van der Waals surface area contributed by atoms with Crippen LogP contribution < -0.4 is 5.73 Å². The molecule has 2 aliphatic rings. The maximum absolute atomic E-state index is 15.4. The fourth-order valence-electron chi connectivity index (χ4n) is 4.42. The van der Waals surface area contributed by atoms with E-state index in [4.69, 9.17) is 10.5 Å². The number of amides is 1. The highest BCUT2D eigenvalue weighted by Gasteiger charge is 2.59. The molecule has 1 spiro atoms. The zero-order valence-electron chi connectivity index (χ0n) is 17.6. The highest BCUT2D eigenvalue weighted by atomic mass is 19.1. The molecule has 6 heteroatoms. The average molecular weight is 414 g/mol. The SMILES string of the molecule is CC(C)(C)OC(=O)N1CC2(CC2)[C@H](N)[C@@H]1Cc1cccc(-c2cccc(F)c2)c1F. The summed E-state index contributed by atoms with van der Waals surface area (Å²) < 4.78 is 34.6. The van der Waals surface area contributed by atoms with Crippen molar-refractivity contribution in [1.29, 1.82) is 0 Å². The van der Waals surface area contributed by atoms with Gasteiger partial charge in [0.05, 0.1) is 6.04 Å². The van der Waals surface area contributed by atoms with Crippen molar-refractivity contribution < 1.29 is 18.3 Å². The normalized spacial score (nSPS) is 22.4. The number of carbonyl (C=O) groups excluding carboxylic acids is 1. The Hall–Kier alpha value is -2.47. The number of nitrogens with two attached hydrogens (primary N) is 1. The van der Waals surface area contributed by atoms with Crippen molar-refractivity contribution in [3.8, 4) is 11.1 Å². The number of hydrogen-bond acceptors (Lipinski definition) is 3. The molecule has 2 N–H and O–H groups in total. The first-order valence-corrected chi connectivity index (χ1v) is 10.4. The van der Waals surface area contributed by atoms with Crippen LogP contribution in [0.4, 0.5) is 13.6 Å². The standard InChI is InChI=1S/C24H28F2N2O2/c1-23(2,3)30-22(29)28-14-24(10-11-24)21(27)19(28)13-16-7-5-9-18(20(16)26)15-6-4-8-17(25)12-15/h4-9,12,19,21H,10-11,13-14,27H2,1-3H3/t19-,21+/m0/s1. The smallest absolute Gasteiger partial charge is 0.410 e. The molecule has 4 rings (SSSR count). The van der Waals surface area contributed by atoms with Crippen molar-refractivity contribution in [1.82, 2.24) is 4.90 Å². The summed E-state index contributed by atoms with van der Waals surface area (Å²) in [5.74, 6) is -0.821. The number of hydrogen-bond donors (Lipinski definition) is 1. The van der Waals surface area contributed by atoms with E-state index in [1.165, 1.54) is 12.1 Å². The summed E-state index contributed by atoms with van der Waals surface area (Å²) in [7, 11) is 0. The van der Waals surface area contributed by atoms with Gasteiger partial charge in [0, 0.05) is 23.6 Å². The molecule has 1 heterocycles. The van der Waals surface area contributed by atoms with Gasteiger partial charge < -0.3 is 15.4 Å². The van der Waals surface area contributed by atoms with E-state index < -0.39 is 23.3 Å². The third-order valence-electron chi connectivity index (χ3n) is 6.17. The highest BCUT2D eigenvalue weighted by Crippen LogP contribution is 2.54. The van der Waals surface area contributed by atoms with Crippen molar-refractivity contribution in [2.75, 3.05) is 6.54 Å². The van der Waals surface area contributed by atoms with Crippen molar-refractivity contribution in [2.45, 2.75) is 57.7 Å². The number of ether oxygens (including phenoxy) is 1. The summed E-state index contributed by atoms with van der Waals surface area (Å²) in [5, 5.41) is 0. The molecular weight excluding hydrogens is 386 g/mol. The number of likely N-dealkylation sites (tertiary alicyclic amines) is 1. The third-order valence-corrected chi connectivity index (χ3v) is 6.17. The van der Waals surface area contributed by atoms with Gasteiger partial charge in [0.15, 0.2) is 0 Å². The molecule has 0 bridgehead atoms. The highest BCUT2D eigenvalue weighted by molar-refractivity contribution is 5.70. The molecule has 4 nitrogen and oxygen atoms in total. The molecular formula is C24H28F2N2O2. The van der Waals surface area contributed by atoms with Gasteiger partial charge in [-0.2, -0.15) is 0 Å². The number of rotatable bonds is 3. The van der Waals surface area contributed by atoms with Crippen LogP contribution >= 0.6 is 0 Å². The second-order valence-electron chi connectivity index (χ2n) is 9.56. The van der Waals surface area contributed by atoms with Crippen LogP contribution in [0.2, 0.25) is 0 Å². The molecule has 0 aromatic heterocycles. The van der Waals surface area contributed by atoms with E-state index in [1.807, 2.05) is 20.8 Å². The van der Waals surface area contributed by atoms with E-state index in [2.05, 4.69) is 0 Å². The Morgan fingerprint density at radius 2 is 1.90 bits per heavy atom. The molecule has 30 heavy (non-hydrogen) atoms. The summed E-state index contributed by atoms with van der Waals surface area (Å²) in [4.78, 5) is 14.5. The van der Waals surface area contributed by atoms with Crippen molar-refractivity contribution in [2.24, 2.45) is 11.1 Å².